The Morgan fingerprint density at radius 3 is 1.21 bits per heavy atom. The van der Waals surface area contributed by atoms with Gasteiger partial charge in [-0.2, -0.15) is 39.5 Å². The van der Waals surface area contributed by atoms with Gasteiger partial charge in [-0.15, -0.1) is 0 Å². The number of rotatable bonds is 5. The van der Waals surface area contributed by atoms with Crippen LogP contribution in [-0.2, 0) is 0 Å². The summed E-state index contributed by atoms with van der Waals surface area (Å²) in [6.07, 6.45) is -11.3. The quantitative estimate of drug-likeness (QED) is 0.234. The Bertz CT molecular complexity index is 721. The number of hydrogen-bond donors (Lipinski definition) is 0. The molecule has 28 heavy (non-hydrogen) atoms. The van der Waals surface area contributed by atoms with Crippen molar-refractivity contribution in [2.75, 3.05) is 4.90 Å². The summed E-state index contributed by atoms with van der Waals surface area (Å²) in [5.41, 5.74) is -3.19. The van der Waals surface area contributed by atoms with Gasteiger partial charge in [0.1, 0.15) is 5.69 Å². The van der Waals surface area contributed by atoms with Gasteiger partial charge in [0, 0.05) is 0 Å². The highest BCUT2D eigenvalue weighted by atomic mass is 19.4. The van der Waals surface area contributed by atoms with E-state index in [2.05, 4.69) is 0 Å². The maximum absolute atomic E-state index is 13.8. The third-order valence-corrected chi connectivity index (χ3v) is 3.21. The van der Waals surface area contributed by atoms with Crippen LogP contribution in [0.5, 0.6) is 0 Å². The molecule has 0 radical (unpaired) electrons. The molecule has 0 bridgehead atoms. The van der Waals surface area contributed by atoms with Crippen LogP contribution >= 0.6 is 0 Å². The number of benzene rings is 1. The van der Waals surface area contributed by atoms with Crippen LogP contribution < -0.4 is 4.90 Å². The average molecular weight is 447 g/mol. The largest absolute Gasteiger partial charge is 0.460 e. The monoisotopic (exact) mass is 447 g/mol. The highest BCUT2D eigenvalue weighted by Crippen LogP contribution is 2.55. The lowest BCUT2D eigenvalue weighted by Crippen LogP contribution is -2.68. The van der Waals surface area contributed by atoms with E-state index in [1.807, 2.05) is 0 Å². The van der Waals surface area contributed by atoms with E-state index in [1.165, 1.54) is 0 Å². The van der Waals surface area contributed by atoms with Gasteiger partial charge in [0.25, 0.3) is 0 Å². The summed E-state index contributed by atoms with van der Waals surface area (Å²) in [4.78, 5) is -2.40. The van der Waals surface area contributed by atoms with E-state index < -0.39 is 70.0 Å². The molecule has 1 aromatic rings. The molecule has 0 aliphatic heterocycles. The number of halogens is 15. The van der Waals surface area contributed by atoms with Crippen molar-refractivity contribution in [3.8, 4) is 0 Å². The van der Waals surface area contributed by atoms with Crippen LogP contribution in [0.1, 0.15) is 6.92 Å². The first-order chi connectivity index (χ1) is 12.2. The molecule has 0 heterocycles. The van der Waals surface area contributed by atoms with Crippen molar-refractivity contribution in [2.45, 2.75) is 37.3 Å². The summed E-state index contributed by atoms with van der Waals surface area (Å²) < 4.78 is 196. The van der Waals surface area contributed by atoms with Crippen molar-refractivity contribution < 1.29 is 65.9 Å². The predicted molar refractivity (Wildman–Crippen MR) is 60.2 cm³/mol. The first kappa shape index (κ1) is 24.0. The van der Waals surface area contributed by atoms with Gasteiger partial charge in [-0.25, -0.2) is 26.3 Å². The van der Waals surface area contributed by atoms with E-state index in [-0.39, 0.29) is 6.92 Å². The molecule has 16 heteroatoms. The van der Waals surface area contributed by atoms with Crippen molar-refractivity contribution in [1.82, 2.24) is 0 Å². The SMILES string of the molecule is CC(F)N(c1c(F)c(F)c(F)c(F)c1F)C(F)(F)C(F)(F)C(F)(F)C(F)(F)F. The highest BCUT2D eigenvalue weighted by molar-refractivity contribution is 5.53. The van der Waals surface area contributed by atoms with Crippen molar-refractivity contribution in [3.05, 3.63) is 29.1 Å². The van der Waals surface area contributed by atoms with Gasteiger partial charge >= 0.3 is 24.1 Å². The molecular formula is C12H4F15N. The lowest BCUT2D eigenvalue weighted by atomic mass is 10.1. The fraction of sp³-hybridized carbons (Fsp3) is 0.500. The fourth-order valence-electron chi connectivity index (χ4n) is 1.86. The summed E-state index contributed by atoms with van der Waals surface area (Å²) in [5, 5.41) is 0. The number of hydrogen-bond acceptors (Lipinski definition) is 1. The molecule has 1 rings (SSSR count). The van der Waals surface area contributed by atoms with Gasteiger partial charge in [-0.1, -0.05) is 0 Å². The minimum Gasteiger partial charge on any atom is -0.271 e. The second kappa shape index (κ2) is 6.79. The van der Waals surface area contributed by atoms with E-state index >= 15 is 0 Å². The molecule has 0 aliphatic rings. The van der Waals surface area contributed by atoms with Gasteiger partial charge in [0.05, 0.1) is 0 Å². The first-order valence-electron chi connectivity index (χ1n) is 6.40. The Morgan fingerprint density at radius 1 is 0.607 bits per heavy atom. The first-order valence-corrected chi connectivity index (χ1v) is 6.40. The zero-order chi connectivity index (χ0) is 22.6. The maximum Gasteiger partial charge on any atom is 0.460 e. The van der Waals surface area contributed by atoms with Crippen LogP contribution in [0.2, 0.25) is 0 Å². The van der Waals surface area contributed by atoms with E-state index in [9.17, 15) is 65.9 Å². The van der Waals surface area contributed by atoms with E-state index in [0.717, 1.165) is 0 Å². The maximum atomic E-state index is 13.8. The Kier molecular flexibility index (Phi) is 5.82. The van der Waals surface area contributed by atoms with Crippen molar-refractivity contribution in [1.29, 1.82) is 0 Å². The van der Waals surface area contributed by atoms with Crippen LogP contribution in [0.4, 0.5) is 71.5 Å². The molecule has 1 nitrogen and oxygen atoms in total. The van der Waals surface area contributed by atoms with Crippen molar-refractivity contribution in [2.24, 2.45) is 0 Å². The molecule has 1 atom stereocenters. The second-order valence-corrected chi connectivity index (χ2v) is 5.05. The lowest BCUT2D eigenvalue weighted by Gasteiger charge is -2.41. The topological polar surface area (TPSA) is 3.24 Å². The van der Waals surface area contributed by atoms with E-state index in [1.54, 1.807) is 0 Å². The molecule has 0 saturated heterocycles. The smallest absolute Gasteiger partial charge is 0.271 e. The molecule has 0 N–H and O–H groups in total. The minimum absolute atomic E-state index is 0.326. The summed E-state index contributed by atoms with van der Waals surface area (Å²) in [6, 6.07) is -7.14. The molecule has 0 fully saturated rings. The highest BCUT2D eigenvalue weighted by Gasteiger charge is 2.84. The molecule has 1 unspecified atom stereocenters. The molecular weight excluding hydrogens is 443 g/mol. The molecule has 0 aliphatic carbocycles. The number of alkyl halides is 10. The minimum atomic E-state index is -7.63. The van der Waals surface area contributed by atoms with Crippen LogP contribution in [0.3, 0.4) is 0 Å². The van der Waals surface area contributed by atoms with Crippen LogP contribution in [0.25, 0.3) is 0 Å². The second-order valence-electron chi connectivity index (χ2n) is 5.05. The Morgan fingerprint density at radius 2 is 0.929 bits per heavy atom. The van der Waals surface area contributed by atoms with Crippen molar-refractivity contribution in [3.63, 3.8) is 0 Å². The van der Waals surface area contributed by atoms with Crippen LogP contribution in [-0.4, -0.2) is 30.4 Å². The van der Waals surface area contributed by atoms with Crippen LogP contribution in [0, 0.1) is 29.1 Å². The molecule has 0 aromatic heterocycles. The van der Waals surface area contributed by atoms with Crippen molar-refractivity contribution >= 4 is 5.69 Å². The Balaban J connectivity index is 3.87. The summed E-state index contributed by atoms with van der Waals surface area (Å²) >= 11 is 0. The molecule has 1 aromatic carbocycles. The normalized spacial score (nSPS) is 15.0. The number of anilines is 1. The Labute approximate surface area is 144 Å². The zero-order valence-electron chi connectivity index (χ0n) is 12.7. The summed E-state index contributed by atoms with van der Waals surface area (Å²) in [5.74, 6) is -31.2. The van der Waals surface area contributed by atoms with Gasteiger partial charge in [0.15, 0.2) is 29.6 Å². The Hall–Kier alpha value is -2.03. The third-order valence-electron chi connectivity index (χ3n) is 3.21. The predicted octanol–water partition coefficient (Wildman–Crippen LogP) is 5.93. The number of nitrogens with zero attached hydrogens (tertiary/aromatic N) is 1. The average Bonchev–Trinajstić information content (AvgIpc) is 2.52. The summed E-state index contributed by atoms with van der Waals surface area (Å²) in [7, 11) is 0. The third kappa shape index (κ3) is 3.19. The van der Waals surface area contributed by atoms with E-state index in [0.29, 0.717) is 0 Å². The molecule has 0 amide bonds. The molecule has 0 spiro atoms. The fourth-order valence-corrected chi connectivity index (χ4v) is 1.86. The van der Waals surface area contributed by atoms with Crippen LogP contribution in [0.15, 0.2) is 0 Å². The summed E-state index contributed by atoms with van der Waals surface area (Å²) in [6.45, 7) is -0.326. The van der Waals surface area contributed by atoms with Gasteiger partial charge in [-0.05, 0) is 6.92 Å². The van der Waals surface area contributed by atoms with Gasteiger partial charge < -0.3 is 0 Å². The zero-order valence-corrected chi connectivity index (χ0v) is 12.7. The molecule has 0 saturated carbocycles. The van der Waals surface area contributed by atoms with E-state index in [4.69, 9.17) is 0 Å². The standard InChI is InChI=1S/C12H4F15N/c1-2(13)28(8-6(17)4(15)3(14)5(16)7(8)18)12(26,27)10(21,22)9(19,20)11(23,24)25/h2H,1H3. The van der Waals surface area contributed by atoms with Gasteiger partial charge in [0.2, 0.25) is 5.82 Å². The molecule has 162 valence electrons. The lowest BCUT2D eigenvalue weighted by molar-refractivity contribution is -0.396. The van der Waals surface area contributed by atoms with Gasteiger partial charge in [-0.3, -0.25) is 4.90 Å².